The van der Waals surface area contributed by atoms with E-state index in [0.717, 1.165) is 11.3 Å². The fourth-order valence-corrected chi connectivity index (χ4v) is 3.75. The zero-order valence-corrected chi connectivity index (χ0v) is 18.3. The van der Waals surface area contributed by atoms with Gasteiger partial charge in [0, 0.05) is 24.7 Å². The van der Waals surface area contributed by atoms with Gasteiger partial charge in [0.15, 0.2) is 0 Å². The number of hydrogen-bond donors (Lipinski definition) is 4. The number of halogens is 2. The van der Waals surface area contributed by atoms with E-state index in [-0.39, 0.29) is 18.9 Å². The maximum absolute atomic E-state index is 13.9. The molecule has 0 aliphatic heterocycles. The monoisotopic (exact) mass is 435 g/mol. The van der Waals surface area contributed by atoms with Crippen molar-refractivity contribution >= 4 is 5.69 Å². The summed E-state index contributed by atoms with van der Waals surface area (Å²) in [6.07, 6.45) is 2.15. The topological polar surface area (TPSA) is 81.8 Å². The lowest BCUT2D eigenvalue weighted by Gasteiger charge is -2.37. The Bertz CT molecular complexity index is 765. The molecule has 172 valence electrons. The van der Waals surface area contributed by atoms with Crippen LogP contribution in [0.4, 0.5) is 14.5 Å². The lowest BCUT2D eigenvalue weighted by atomic mass is 9.96. The molecular weight excluding hydrogens is 400 g/mol. The predicted molar refractivity (Wildman–Crippen MR) is 122 cm³/mol. The number of nitrogens with zero attached hydrogens (tertiary/aromatic N) is 1. The Labute approximate surface area is 183 Å². The molecule has 1 aliphatic carbocycles. The van der Waals surface area contributed by atoms with Crippen molar-refractivity contribution in [1.29, 1.82) is 0 Å². The molecule has 0 amide bonds. The molecule has 1 aliphatic rings. The van der Waals surface area contributed by atoms with E-state index in [9.17, 15) is 19.0 Å². The highest BCUT2D eigenvalue weighted by molar-refractivity contribution is 5.49. The Balaban J connectivity index is 2.27. The average molecular weight is 436 g/mol. The maximum atomic E-state index is 13.9. The van der Waals surface area contributed by atoms with Gasteiger partial charge in [-0.25, -0.2) is 8.78 Å². The standard InChI is InChI=1S/C24H35F2N3O2/c1-4-11-29(21-8-5-16(2)6-9-21)24(31)22(28-17(3)7-10-23(27)30)14-18-12-19(25)15-20(26)13-18/h4-6,8-9,12-13,17,19,22-24,28,30-31H,1,7,10-11,14-15,27H2,2-3H3/t17?,19-,22-,23+,24-/m1/s1. The van der Waals surface area contributed by atoms with Crippen LogP contribution < -0.4 is 16.0 Å². The van der Waals surface area contributed by atoms with Crippen molar-refractivity contribution in [3.8, 4) is 0 Å². The smallest absolute Gasteiger partial charge is 0.143 e. The van der Waals surface area contributed by atoms with Gasteiger partial charge in [-0.1, -0.05) is 23.8 Å². The first-order chi connectivity index (χ1) is 14.7. The minimum absolute atomic E-state index is 0.0827. The molecule has 1 aromatic carbocycles. The molecule has 31 heavy (non-hydrogen) atoms. The molecule has 1 unspecified atom stereocenters. The van der Waals surface area contributed by atoms with E-state index in [2.05, 4.69) is 11.9 Å². The third-order valence-corrected chi connectivity index (χ3v) is 5.35. The molecule has 0 fully saturated rings. The number of rotatable bonds is 12. The van der Waals surface area contributed by atoms with Gasteiger partial charge < -0.3 is 26.2 Å². The van der Waals surface area contributed by atoms with Gasteiger partial charge in [-0.05, 0) is 63.0 Å². The number of hydrogen-bond acceptors (Lipinski definition) is 5. The minimum Gasteiger partial charge on any atom is -0.379 e. The molecule has 2 rings (SSSR count). The highest BCUT2D eigenvalue weighted by Gasteiger charge is 2.28. The van der Waals surface area contributed by atoms with Crippen LogP contribution in [0.2, 0.25) is 0 Å². The average Bonchev–Trinajstić information content (AvgIpc) is 2.69. The van der Waals surface area contributed by atoms with Crippen molar-refractivity contribution in [1.82, 2.24) is 5.32 Å². The zero-order valence-electron chi connectivity index (χ0n) is 18.3. The van der Waals surface area contributed by atoms with E-state index in [1.54, 1.807) is 11.0 Å². The first-order valence-electron chi connectivity index (χ1n) is 10.7. The largest absolute Gasteiger partial charge is 0.379 e. The van der Waals surface area contributed by atoms with Gasteiger partial charge in [0.2, 0.25) is 0 Å². The van der Waals surface area contributed by atoms with Crippen molar-refractivity contribution in [3.05, 3.63) is 66.0 Å². The quantitative estimate of drug-likeness (QED) is 0.298. The zero-order chi connectivity index (χ0) is 23.0. The summed E-state index contributed by atoms with van der Waals surface area (Å²) >= 11 is 0. The number of allylic oxidation sites excluding steroid dienone is 3. The van der Waals surface area contributed by atoms with Crippen LogP contribution in [0.15, 0.2) is 60.5 Å². The fraction of sp³-hybridized carbons (Fsp3) is 0.500. The van der Waals surface area contributed by atoms with Crippen molar-refractivity contribution in [2.24, 2.45) is 5.73 Å². The van der Waals surface area contributed by atoms with Crippen molar-refractivity contribution in [3.63, 3.8) is 0 Å². The van der Waals surface area contributed by atoms with Crippen molar-refractivity contribution in [2.75, 3.05) is 11.4 Å². The van der Waals surface area contributed by atoms with Gasteiger partial charge in [-0.2, -0.15) is 0 Å². The third kappa shape index (κ3) is 8.18. The first-order valence-corrected chi connectivity index (χ1v) is 10.7. The van der Waals surface area contributed by atoms with Crippen LogP contribution in [0.25, 0.3) is 0 Å². The fourth-order valence-electron chi connectivity index (χ4n) is 3.75. The van der Waals surface area contributed by atoms with Crippen LogP contribution in [0.5, 0.6) is 0 Å². The van der Waals surface area contributed by atoms with E-state index in [4.69, 9.17) is 5.73 Å². The Morgan fingerprint density at radius 1 is 1.29 bits per heavy atom. The summed E-state index contributed by atoms with van der Waals surface area (Å²) in [6.45, 7) is 8.10. The normalized spacial score (nSPS) is 20.3. The lowest BCUT2D eigenvalue weighted by Crippen LogP contribution is -2.53. The minimum atomic E-state index is -1.37. The first kappa shape index (κ1) is 25.2. The molecule has 0 saturated heterocycles. The summed E-state index contributed by atoms with van der Waals surface area (Å²) in [5.74, 6) is -0.501. The Morgan fingerprint density at radius 2 is 1.97 bits per heavy atom. The summed E-state index contributed by atoms with van der Waals surface area (Å²) in [4.78, 5) is 1.80. The second kappa shape index (κ2) is 12.1. The van der Waals surface area contributed by atoms with Gasteiger partial charge in [-0.15, -0.1) is 6.58 Å². The van der Waals surface area contributed by atoms with E-state index in [1.807, 2.05) is 38.1 Å². The molecule has 0 spiro atoms. The van der Waals surface area contributed by atoms with Gasteiger partial charge in [0.05, 0.1) is 6.04 Å². The van der Waals surface area contributed by atoms with Gasteiger partial charge in [-0.3, -0.25) is 0 Å². The summed E-state index contributed by atoms with van der Waals surface area (Å²) < 4.78 is 27.7. The summed E-state index contributed by atoms with van der Waals surface area (Å²) in [5.41, 5.74) is 7.86. The molecule has 5 N–H and O–H groups in total. The highest BCUT2D eigenvalue weighted by atomic mass is 19.1. The van der Waals surface area contributed by atoms with Crippen LogP contribution >= 0.6 is 0 Å². The predicted octanol–water partition coefficient (Wildman–Crippen LogP) is 3.62. The molecule has 1 aromatic rings. The molecule has 0 heterocycles. The van der Waals surface area contributed by atoms with Crippen LogP contribution in [0, 0.1) is 6.92 Å². The summed E-state index contributed by atoms with van der Waals surface area (Å²) in [7, 11) is 0. The number of aliphatic hydroxyl groups is 2. The molecule has 0 aromatic heterocycles. The Kier molecular flexibility index (Phi) is 9.84. The Morgan fingerprint density at radius 3 is 2.55 bits per heavy atom. The molecule has 0 saturated carbocycles. The molecule has 0 bridgehead atoms. The maximum Gasteiger partial charge on any atom is 0.143 e. The molecule has 5 atom stereocenters. The summed E-state index contributed by atoms with van der Waals surface area (Å²) in [5, 5.41) is 24.1. The van der Waals surface area contributed by atoms with Crippen LogP contribution in [-0.4, -0.2) is 47.5 Å². The van der Waals surface area contributed by atoms with Crippen molar-refractivity contribution in [2.45, 2.75) is 70.2 Å². The number of alkyl halides is 1. The Hall–Kier alpha value is -2.06. The second-order valence-corrected chi connectivity index (χ2v) is 8.27. The third-order valence-electron chi connectivity index (χ3n) is 5.35. The van der Waals surface area contributed by atoms with Crippen LogP contribution in [0.3, 0.4) is 0 Å². The summed E-state index contributed by atoms with van der Waals surface area (Å²) in [6, 6.07) is 7.16. The van der Waals surface area contributed by atoms with Crippen LogP contribution in [-0.2, 0) is 0 Å². The van der Waals surface area contributed by atoms with Crippen LogP contribution in [0.1, 0.15) is 38.2 Å². The number of aryl methyl sites for hydroxylation is 1. The molecular formula is C24H35F2N3O2. The number of nitrogens with one attached hydrogen (secondary N) is 1. The number of anilines is 1. The van der Waals surface area contributed by atoms with Gasteiger partial charge in [0.1, 0.15) is 24.5 Å². The lowest BCUT2D eigenvalue weighted by molar-refractivity contribution is 0.114. The molecule has 5 nitrogen and oxygen atoms in total. The number of benzene rings is 1. The van der Waals surface area contributed by atoms with Gasteiger partial charge >= 0.3 is 0 Å². The SMILES string of the molecule is C=CCN(c1ccc(C)cc1)[C@H](O)[C@@H](CC1=C[C@@H](F)CC(F)=C1)NC(C)CC[C@@H](N)O. The van der Waals surface area contributed by atoms with E-state index in [0.29, 0.717) is 25.0 Å². The van der Waals surface area contributed by atoms with E-state index < -0.39 is 30.5 Å². The number of aliphatic hydroxyl groups excluding tert-OH is 2. The van der Waals surface area contributed by atoms with Gasteiger partial charge in [0.25, 0.3) is 0 Å². The molecule has 0 radical (unpaired) electrons. The number of nitrogens with two attached hydrogens (primary N) is 1. The van der Waals surface area contributed by atoms with Crippen molar-refractivity contribution < 1.29 is 19.0 Å². The van der Waals surface area contributed by atoms with E-state index >= 15 is 0 Å². The van der Waals surface area contributed by atoms with E-state index in [1.165, 1.54) is 12.2 Å². The molecule has 7 heteroatoms. The second-order valence-electron chi connectivity index (χ2n) is 8.27. The highest BCUT2D eigenvalue weighted by Crippen LogP contribution is 2.27.